The molecule has 21 heavy (non-hydrogen) atoms. The fraction of sp³-hybridized carbons (Fsp3) is 0.467. The van der Waals surface area contributed by atoms with E-state index < -0.39 is 6.04 Å². The maximum Gasteiger partial charge on any atom is 0.156 e. The molecule has 3 N–H and O–H groups in total. The predicted octanol–water partition coefficient (Wildman–Crippen LogP) is 2.09. The van der Waals surface area contributed by atoms with Gasteiger partial charge in [0.25, 0.3) is 0 Å². The van der Waals surface area contributed by atoms with Crippen molar-refractivity contribution in [2.75, 3.05) is 0 Å². The van der Waals surface area contributed by atoms with Gasteiger partial charge in [0.1, 0.15) is 17.4 Å². The SMILES string of the molecule is CC(C)C(C#N)N=C(N)c1c[nH]c2ncc(C3CC3)nc12. The lowest BCUT2D eigenvalue weighted by Gasteiger charge is -2.08. The van der Waals surface area contributed by atoms with Crippen LogP contribution in [0.3, 0.4) is 0 Å². The summed E-state index contributed by atoms with van der Waals surface area (Å²) in [4.78, 5) is 16.4. The monoisotopic (exact) mass is 282 g/mol. The summed E-state index contributed by atoms with van der Waals surface area (Å²) in [5.41, 5.74) is 9.24. The normalized spacial score (nSPS) is 17.1. The molecule has 0 saturated heterocycles. The van der Waals surface area contributed by atoms with Crippen LogP contribution in [0.4, 0.5) is 0 Å². The van der Waals surface area contributed by atoms with Crippen molar-refractivity contribution in [2.24, 2.45) is 16.6 Å². The number of nitrogens with two attached hydrogens (primary N) is 1. The van der Waals surface area contributed by atoms with Crippen molar-refractivity contribution in [1.29, 1.82) is 5.26 Å². The molecule has 1 fully saturated rings. The molecule has 108 valence electrons. The molecule has 1 saturated carbocycles. The molecule has 2 aromatic rings. The number of nitriles is 1. The summed E-state index contributed by atoms with van der Waals surface area (Å²) < 4.78 is 0. The van der Waals surface area contributed by atoms with Crippen molar-refractivity contribution in [2.45, 2.75) is 38.6 Å². The van der Waals surface area contributed by atoms with Crippen molar-refractivity contribution in [3.63, 3.8) is 0 Å². The molecule has 0 radical (unpaired) electrons. The fourth-order valence-corrected chi connectivity index (χ4v) is 2.22. The van der Waals surface area contributed by atoms with Crippen LogP contribution in [0.15, 0.2) is 17.4 Å². The summed E-state index contributed by atoms with van der Waals surface area (Å²) in [7, 11) is 0. The topological polar surface area (TPSA) is 104 Å². The third kappa shape index (κ3) is 2.59. The van der Waals surface area contributed by atoms with Gasteiger partial charge in [-0.3, -0.25) is 0 Å². The minimum Gasteiger partial charge on any atom is -0.383 e. The van der Waals surface area contributed by atoms with Crippen LogP contribution in [0.1, 0.15) is 43.9 Å². The van der Waals surface area contributed by atoms with Crippen LogP contribution in [0.2, 0.25) is 0 Å². The van der Waals surface area contributed by atoms with Crippen molar-refractivity contribution >= 4 is 17.0 Å². The first-order chi connectivity index (χ1) is 10.1. The van der Waals surface area contributed by atoms with E-state index in [2.05, 4.69) is 26.0 Å². The number of aromatic nitrogens is 3. The molecule has 1 aliphatic carbocycles. The second-order valence-electron chi connectivity index (χ2n) is 5.80. The third-order valence-corrected chi connectivity index (χ3v) is 3.71. The first-order valence-corrected chi connectivity index (χ1v) is 7.17. The number of nitrogens with zero attached hydrogens (tertiary/aromatic N) is 4. The molecule has 1 unspecified atom stereocenters. The second kappa shape index (κ2) is 5.17. The van der Waals surface area contributed by atoms with E-state index in [9.17, 15) is 0 Å². The molecule has 2 heterocycles. The Kier molecular flexibility index (Phi) is 3.34. The van der Waals surface area contributed by atoms with Gasteiger partial charge in [-0.25, -0.2) is 15.0 Å². The molecule has 2 aromatic heterocycles. The van der Waals surface area contributed by atoms with E-state index in [0.29, 0.717) is 17.4 Å². The average molecular weight is 282 g/mol. The average Bonchev–Trinajstić information content (AvgIpc) is 3.23. The number of amidine groups is 1. The van der Waals surface area contributed by atoms with Crippen molar-refractivity contribution < 1.29 is 0 Å². The van der Waals surface area contributed by atoms with E-state index in [-0.39, 0.29) is 5.92 Å². The number of nitrogens with one attached hydrogen (secondary N) is 1. The second-order valence-corrected chi connectivity index (χ2v) is 5.80. The van der Waals surface area contributed by atoms with E-state index in [1.165, 1.54) is 12.8 Å². The number of hydrogen-bond donors (Lipinski definition) is 2. The number of hydrogen-bond acceptors (Lipinski definition) is 4. The molecule has 0 aliphatic heterocycles. The summed E-state index contributed by atoms with van der Waals surface area (Å²) in [5, 5.41) is 9.13. The van der Waals surface area contributed by atoms with Crippen LogP contribution in [-0.4, -0.2) is 26.8 Å². The maximum absolute atomic E-state index is 9.13. The smallest absolute Gasteiger partial charge is 0.156 e. The lowest BCUT2D eigenvalue weighted by molar-refractivity contribution is 0.582. The third-order valence-electron chi connectivity index (χ3n) is 3.71. The maximum atomic E-state index is 9.13. The van der Waals surface area contributed by atoms with Gasteiger partial charge in [-0.2, -0.15) is 5.26 Å². The van der Waals surface area contributed by atoms with Gasteiger partial charge >= 0.3 is 0 Å². The molecule has 6 nitrogen and oxygen atoms in total. The van der Waals surface area contributed by atoms with Gasteiger partial charge in [-0.1, -0.05) is 13.8 Å². The molecular weight excluding hydrogens is 264 g/mol. The van der Waals surface area contributed by atoms with E-state index in [0.717, 1.165) is 16.8 Å². The Balaban J connectivity index is 2.01. The first kappa shape index (κ1) is 13.6. The molecule has 0 spiro atoms. The van der Waals surface area contributed by atoms with Crippen molar-refractivity contribution in [3.05, 3.63) is 23.7 Å². The first-order valence-electron chi connectivity index (χ1n) is 7.17. The Bertz CT molecular complexity index is 732. The van der Waals surface area contributed by atoms with Gasteiger partial charge in [0.05, 0.1) is 23.5 Å². The molecule has 1 atom stereocenters. The minimum absolute atomic E-state index is 0.117. The number of aliphatic imine (C=N–C) groups is 1. The fourth-order valence-electron chi connectivity index (χ4n) is 2.22. The number of fused-ring (bicyclic) bond motifs is 1. The van der Waals surface area contributed by atoms with Crippen molar-refractivity contribution in [1.82, 2.24) is 15.0 Å². The molecule has 0 aromatic carbocycles. The lowest BCUT2D eigenvalue weighted by atomic mass is 10.1. The number of rotatable bonds is 4. The number of aromatic amines is 1. The molecular formula is C15H18N6. The summed E-state index contributed by atoms with van der Waals surface area (Å²) in [6, 6.07) is 1.72. The Morgan fingerprint density at radius 2 is 2.29 bits per heavy atom. The molecule has 0 bridgehead atoms. The quantitative estimate of drug-likeness (QED) is 0.661. The van der Waals surface area contributed by atoms with Crippen LogP contribution in [-0.2, 0) is 0 Å². The van der Waals surface area contributed by atoms with Crippen molar-refractivity contribution in [3.8, 4) is 6.07 Å². The van der Waals surface area contributed by atoms with Gasteiger partial charge in [-0.05, 0) is 18.8 Å². The van der Waals surface area contributed by atoms with Crippen LogP contribution < -0.4 is 5.73 Å². The Morgan fingerprint density at radius 1 is 1.52 bits per heavy atom. The van der Waals surface area contributed by atoms with Gasteiger partial charge in [0, 0.05) is 12.1 Å². The van der Waals surface area contributed by atoms with E-state index in [1.807, 2.05) is 20.0 Å². The van der Waals surface area contributed by atoms with Crippen LogP contribution in [0.5, 0.6) is 0 Å². The summed E-state index contributed by atoms with van der Waals surface area (Å²) in [6.07, 6.45) is 5.93. The predicted molar refractivity (Wildman–Crippen MR) is 80.8 cm³/mol. The van der Waals surface area contributed by atoms with Gasteiger partial charge in [0.15, 0.2) is 5.65 Å². The van der Waals surface area contributed by atoms with Crippen LogP contribution in [0, 0.1) is 17.2 Å². The molecule has 0 amide bonds. The van der Waals surface area contributed by atoms with E-state index in [4.69, 9.17) is 11.0 Å². The van der Waals surface area contributed by atoms with Gasteiger partial charge in [0.2, 0.25) is 0 Å². The highest BCUT2D eigenvalue weighted by atomic mass is 15.0. The lowest BCUT2D eigenvalue weighted by Crippen LogP contribution is -2.20. The molecule has 3 rings (SSSR count). The highest BCUT2D eigenvalue weighted by Gasteiger charge is 2.26. The Labute approximate surface area is 123 Å². The highest BCUT2D eigenvalue weighted by molar-refractivity contribution is 6.06. The highest BCUT2D eigenvalue weighted by Crippen LogP contribution is 2.39. The van der Waals surface area contributed by atoms with Gasteiger partial charge < -0.3 is 10.7 Å². The Hall–Kier alpha value is -2.42. The zero-order chi connectivity index (χ0) is 15.0. The largest absolute Gasteiger partial charge is 0.383 e. The molecule has 6 heteroatoms. The van der Waals surface area contributed by atoms with Crippen LogP contribution >= 0.6 is 0 Å². The Morgan fingerprint density at radius 3 is 2.90 bits per heavy atom. The number of H-pyrrole nitrogens is 1. The van der Waals surface area contributed by atoms with Gasteiger partial charge in [-0.15, -0.1) is 0 Å². The minimum atomic E-state index is -0.450. The van der Waals surface area contributed by atoms with E-state index >= 15 is 0 Å². The van der Waals surface area contributed by atoms with E-state index in [1.54, 1.807) is 6.20 Å². The van der Waals surface area contributed by atoms with Crippen LogP contribution in [0.25, 0.3) is 11.2 Å². The standard InChI is InChI=1S/C15H18N6/c1-8(2)11(5-16)21-14(17)10-6-18-15-13(10)20-12(7-19-15)9-3-4-9/h6-9,11H,3-4H2,1-2H3,(H2,17,21)(H,18,19). The zero-order valence-corrected chi connectivity index (χ0v) is 12.2. The summed E-state index contributed by atoms with van der Waals surface area (Å²) in [5.74, 6) is 0.987. The summed E-state index contributed by atoms with van der Waals surface area (Å²) in [6.45, 7) is 3.90. The summed E-state index contributed by atoms with van der Waals surface area (Å²) >= 11 is 0. The zero-order valence-electron chi connectivity index (χ0n) is 12.2. The molecule has 1 aliphatic rings.